The highest BCUT2D eigenvalue weighted by Crippen LogP contribution is 2.32. The number of nitrogens with one attached hydrogen (secondary N) is 1. The first-order valence-corrected chi connectivity index (χ1v) is 8.68. The zero-order valence-electron chi connectivity index (χ0n) is 13.7. The Kier molecular flexibility index (Phi) is 4.56. The molecule has 0 spiro atoms. The van der Waals surface area contributed by atoms with Crippen molar-refractivity contribution in [1.82, 2.24) is 19.9 Å². The van der Waals surface area contributed by atoms with Gasteiger partial charge in [-0.15, -0.1) is 11.3 Å². The van der Waals surface area contributed by atoms with Crippen LogP contribution in [0.15, 0.2) is 11.4 Å². The number of rotatable bonds is 4. The fourth-order valence-corrected chi connectivity index (χ4v) is 3.62. The molecule has 1 saturated heterocycles. The third kappa shape index (κ3) is 3.50. The van der Waals surface area contributed by atoms with Gasteiger partial charge in [0.05, 0.1) is 28.9 Å². The van der Waals surface area contributed by atoms with Gasteiger partial charge < -0.3 is 10.2 Å². The van der Waals surface area contributed by atoms with E-state index in [1.54, 1.807) is 11.3 Å². The number of aryl methyl sites for hydroxylation is 2. The molecule has 2 aromatic rings. The van der Waals surface area contributed by atoms with Gasteiger partial charge in [-0.2, -0.15) is 0 Å². The molecule has 0 saturated carbocycles. The Morgan fingerprint density at radius 1 is 1.39 bits per heavy atom. The van der Waals surface area contributed by atoms with Crippen LogP contribution in [0, 0.1) is 13.8 Å². The molecule has 1 amide bonds. The molecular formula is C16H21N5OS. The van der Waals surface area contributed by atoms with Crippen molar-refractivity contribution in [3.8, 4) is 0 Å². The monoisotopic (exact) mass is 331 g/mol. The van der Waals surface area contributed by atoms with Crippen molar-refractivity contribution in [2.45, 2.75) is 39.2 Å². The fourth-order valence-electron chi connectivity index (χ4n) is 3.01. The highest BCUT2D eigenvalue weighted by Gasteiger charge is 2.31. The van der Waals surface area contributed by atoms with Crippen LogP contribution in [-0.4, -0.2) is 39.4 Å². The molecule has 1 aliphatic heterocycles. The van der Waals surface area contributed by atoms with Crippen LogP contribution in [0.5, 0.6) is 0 Å². The third-order valence-corrected chi connectivity index (χ3v) is 4.85. The lowest BCUT2D eigenvalue weighted by Gasteiger charge is -2.24. The number of nitrogens with zero attached hydrogens (tertiary/aromatic N) is 4. The number of thiazole rings is 1. The molecule has 3 rings (SSSR count). The SMILES string of the molecule is CNc1cc(C2CCCN2C(=O)Cc2csc(C)n2)nc(C)n1. The summed E-state index contributed by atoms with van der Waals surface area (Å²) in [4.78, 5) is 27.9. The average Bonchev–Trinajstić information content (AvgIpc) is 3.15. The molecule has 3 heterocycles. The van der Waals surface area contributed by atoms with Gasteiger partial charge in [0.15, 0.2) is 0 Å². The molecular weight excluding hydrogens is 310 g/mol. The summed E-state index contributed by atoms with van der Waals surface area (Å²) in [5, 5.41) is 6.02. The largest absolute Gasteiger partial charge is 0.373 e. The second-order valence-electron chi connectivity index (χ2n) is 5.76. The Balaban J connectivity index is 1.79. The molecule has 1 aliphatic rings. The molecule has 0 aromatic carbocycles. The van der Waals surface area contributed by atoms with E-state index < -0.39 is 0 Å². The first-order valence-electron chi connectivity index (χ1n) is 7.80. The van der Waals surface area contributed by atoms with Crippen molar-refractivity contribution < 1.29 is 4.79 Å². The standard InChI is InChI=1S/C16H21N5OS/c1-10-18-13(8-15(17-3)19-10)14-5-4-6-21(14)16(22)7-12-9-23-11(2)20-12/h8-9,14H,4-7H2,1-3H3,(H,17,18,19). The number of hydrogen-bond donors (Lipinski definition) is 1. The normalized spacial score (nSPS) is 17.5. The van der Waals surface area contributed by atoms with Crippen LogP contribution in [0.25, 0.3) is 0 Å². The maximum Gasteiger partial charge on any atom is 0.229 e. The van der Waals surface area contributed by atoms with Crippen LogP contribution in [0.4, 0.5) is 5.82 Å². The van der Waals surface area contributed by atoms with Gasteiger partial charge in [-0.1, -0.05) is 0 Å². The van der Waals surface area contributed by atoms with E-state index in [9.17, 15) is 4.79 Å². The molecule has 7 heteroatoms. The second kappa shape index (κ2) is 6.62. The number of anilines is 1. The molecule has 122 valence electrons. The summed E-state index contributed by atoms with van der Waals surface area (Å²) in [6.45, 7) is 4.62. The van der Waals surface area contributed by atoms with Gasteiger partial charge in [0.25, 0.3) is 0 Å². The van der Waals surface area contributed by atoms with Gasteiger partial charge >= 0.3 is 0 Å². The Bertz CT molecular complexity index is 714. The van der Waals surface area contributed by atoms with Crippen LogP contribution in [0.3, 0.4) is 0 Å². The topological polar surface area (TPSA) is 71.0 Å². The minimum absolute atomic E-state index is 0.0380. The predicted octanol–water partition coefficient (Wildman–Crippen LogP) is 2.50. The highest BCUT2D eigenvalue weighted by molar-refractivity contribution is 7.09. The molecule has 1 N–H and O–H groups in total. The van der Waals surface area contributed by atoms with E-state index in [2.05, 4.69) is 20.3 Å². The summed E-state index contributed by atoms with van der Waals surface area (Å²) in [7, 11) is 1.84. The average molecular weight is 331 g/mol. The van der Waals surface area contributed by atoms with E-state index in [0.29, 0.717) is 6.42 Å². The van der Waals surface area contributed by atoms with Gasteiger partial charge in [-0.25, -0.2) is 15.0 Å². The number of carbonyl (C=O) groups is 1. The summed E-state index contributed by atoms with van der Waals surface area (Å²) >= 11 is 1.58. The lowest BCUT2D eigenvalue weighted by Crippen LogP contribution is -2.32. The van der Waals surface area contributed by atoms with Gasteiger partial charge in [-0.3, -0.25) is 4.79 Å². The molecule has 1 unspecified atom stereocenters. The van der Waals surface area contributed by atoms with E-state index in [-0.39, 0.29) is 11.9 Å². The van der Waals surface area contributed by atoms with Gasteiger partial charge in [0, 0.05) is 25.0 Å². The second-order valence-corrected chi connectivity index (χ2v) is 6.82. The fraction of sp³-hybridized carbons (Fsp3) is 0.500. The first-order chi connectivity index (χ1) is 11.1. The zero-order chi connectivity index (χ0) is 16.4. The van der Waals surface area contributed by atoms with Crippen LogP contribution >= 0.6 is 11.3 Å². The smallest absolute Gasteiger partial charge is 0.229 e. The number of amides is 1. The van der Waals surface area contributed by atoms with Crippen LogP contribution < -0.4 is 5.32 Å². The number of aromatic nitrogens is 3. The third-order valence-electron chi connectivity index (χ3n) is 4.03. The zero-order valence-corrected chi connectivity index (χ0v) is 14.5. The summed E-state index contributed by atoms with van der Waals surface area (Å²) in [6.07, 6.45) is 2.32. The maximum absolute atomic E-state index is 12.7. The Hall–Kier alpha value is -2.02. The van der Waals surface area contributed by atoms with Crippen molar-refractivity contribution in [2.75, 3.05) is 18.9 Å². The first kappa shape index (κ1) is 15.9. The van der Waals surface area contributed by atoms with Gasteiger partial charge in [-0.05, 0) is 26.7 Å². The number of carbonyl (C=O) groups excluding carboxylic acids is 1. The number of likely N-dealkylation sites (tertiary alicyclic amines) is 1. The van der Waals surface area contributed by atoms with Gasteiger partial charge in [0.2, 0.25) is 5.91 Å². The highest BCUT2D eigenvalue weighted by atomic mass is 32.1. The maximum atomic E-state index is 12.7. The molecule has 1 fully saturated rings. The van der Waals surface area contributed by atoms with E-state index in [4.69, 9.17) is 0 Å². The minimum Gasteiger partial charge on any atom is -0.373 e. The van der Waals surface area contributed by atoms with E-state index >= 15 is 0 Å². The summed E-state index contributed by atoms with van der Waals surface area (Å²) in [5.41, 5.74) is 1.78. The quantitative estimate of drug-likeness (QED) is 0.932. The van der Waals surface area contributed by atoms with Crippen molar-refractivity contribution in [2.24, 2.45) is 0 Å². The van der Waals surface area contributed by atoms with E-state index in [1.165, 1.54) is 0 Å². The minimum atomic E-state index is 0.0380. The molecule has 6 nitrogen and oxygen atoms in total. The van der Waals surface area contributed by atoms with Crippen LogP contribution in [0.2, 0.25) is 0 Å². The van der Waals surface area contributed by atoms with Crippen molar-refractivity contribution in [3.05, 3.63) is 33.7 Å². The predicted molar refractivity (Wildman–Crippen MR) is 90.6 cm³/mol. The molecule has 0 radical (unpaired) electrons. The summed E-state index contributed by atoms with van der Waals surface area (Å²) in [5.74, 6) is 1.64. The Morgan fingerprint density at radius 3 is 2.91 bits per heavy atom. The van der Waals surface area contributed by atoms with E-state index in [0.717, 1.165) is 47.4 Å². The molecule has 0 bridgehead atoms. The Morgan fingerprint density at radius 2 is 2.22 bits per heavy atom. The number of hydrogen-bond acceptors (Lipinski definition) is 6. The van der Waals surface area contributed by atoms with Crippen molar-refractivity contribution in [3.63, 3.8) is 0 Å². The summed E-state index contributed by atoms with van der Waals surface area (Å²) in [6, 6.07) is 1.98. The van der Waals surface area contributed by atoms with E-state index in [1.807, 2.05) is 37.2 Å². The van der Waals surface area contributed by atoms with Gasteiger partial charge in [0.1, 0.15) is 11.6 Å². The summed E-state index contributed by atoms with van der Waals surface area (Å²) < 4.78 is 0. The van der Waals surface area contributed by atoms with Crippen LogP contribution in [0.1, 0.15) is 41.1 Å². The molecule has 23 heavy (non-hydrogen) atoms. The Labute approximate surface area is 140 Å². The lowest BCUT2D eigenvalue weighted by molar-refractivity contribution is -0.131. The van der Waals surface area contributed by atoms with Crippen molar-refractivity contribution in [1.29, 1.82) is 0 Å². The lowest BCUT2D eigenvalue weighted by atomic mass is 10.1. The van der Waals surface area contributed by atoms with Crippen LogP contribution in [-0.2, 0) is 11.2 Å². The molecule has 2 aromatic heterocycles. The molecule has 0 aliphatic carbocycles. The van der Waals surface area contributed by atoms with Crippen molar-refractivity contribution >= 4 is 23.1 Å². The molecule has 1 atom stereocenters.